The highest BCUT2D eigenvalue weighted by atomic mass is 16.6. The molecule has 0 spiro atoms. The molecule has 1 N–H and O–H groups in total. The van der Waals surface area contributed by atoms with Gasteiger partial charge in [0.1, 0.15) is 32.0 Å². The van der Waals surface area contributed by atoms with Crippen molar-refractivity contribution in [3.05, 3.63) is 129 Å². The van der Waals surface area contributed by atoms with Crippen molar-refractivity contribution in [1.82, 2.24) is 39.1 Å². The van der Waals surface area contributed by atoms with E-state index in [0.717, 1.165) is 116 Å². The van der Waals surface area contributed by atoms with Gasteiger partial charge in [0.2, 0.25) is 0 Å². The summed E-state index contributed by atoms with van der Waals surface area (Å²) in [6.07, 6.45) is 7.07. The van der Waals surface area contributed by atoms with E-state index in [1.165, 1.54) is 5.56 Å². The molecule has 0 atom stereocenters. The SMILES string of the molecule is CC(C)(C)OC(=O)N(Cc1ccc2c(c1)OCCO2)C1CCN(CCn2c(=O)ccc3ncccc32)CC1.O=c1ccc2ncccc2n1CCN1CCC(NCc2ccc3c(c2)OCCO3)CC1. The summed E-state index contributed by atoms with van der Waals surface area (Å²) in [5.41, 5.74) is 5.08. The van der Waals surface area contributed by atoms with Gasteiger partial charge in [-0.05, 0) is 131 Å². The fourth-order valence-corrected chi connectivity index (χ4v) is 9.51. The first-order valence-electron chi connectivity index (χ1n) is 24.4. The Hall–Kier alpha value is -6.49. The van der Waals surface area contributed by atoms with E-state index in [0.29, 0.717) is 57.9 Å². The fraction of sp³-hybridized carbons (Fsp3) is 0.453. The van der Waals surface area contributed by atoms with Crippen molar-refractivity contribution in [3.63, 3.8) is 0 Å². The minimum Gasteiger partial charge on any atom is -0.486 e. The first kappa shape index (κ1) is 47.6. The molecule has 0 saturated carbocycles. The van der Waals surface area contributed by atoms with E-state index in [4.69, 9.17) is 23.7 Å². The molecule has 16 heteroatoms. The number of hydrogen-bond donors (Lipinski definition) is 1. The second-order valence-corrected chi connectivity index (χ2v) is 19.1. The fourth-order valence-electron chi connectivity index (χ4n) is 9.51. The largest absolute Gasteiger partial charge is 0.486 e. The monoisotopic (exact) mass is 940 g/mol. The number of fused-ring (bicyclic) bond motifs is 4. The highest BCUT2D eigenvalue weighted by Crippen LogP contribution is 2.33. The lowest BCUT2D eigenvalue weighted by Gasteiger charge is -2.39. The molecule has 2 fully saturated rings. The second-order valence-electron chi connectivity index (χ2n) is 19.1. The van der Waals surface area contributed by atoms with Crippen molar-refractivity contribution >= 4 is 28.2 Å². The number of carbonyl (C=O) groups excluding carboxylic acids is 1. The van der Waals surface area contributed by atoms with Crippen LogP contribution in [0.5, 0.6) is 23.0 Å². The van der Waals surface area contributed by atoms with Crippen molar-refractivity contribution in [1.29, 1.82) is 0 Å². The lowest BCUT2D eigenvalue weighted by atomic mass is 10.0. The third kappa shape index (κ3) is 12.2. The number of nitrogens with one attached hydrogen (secondary N) is 1. The van der Waals surface area contributed by atoms with E-state index in [2.05, 4.69) is 37.2 Å². The van der Waals surface area contributed by atoms with E-state index < -0.39 is 5.60 Å². The van der Waals surface area contributed by atoms with Crippen molar-refractivity contribution < 1.29 is 28.5 Å². The van der Waals surface area contributed by atoms with Crippen LogP contribution in [0.4, 0.5) is 4.79 Å². The van der Waals surface area contributed by atoms with Crippen LogP contribution < -0.4 is 35.4 Å². The summed E-state index contributed by atoms with van der Waals surface area (Å²) < 4.78 is 32.1. The van der Waals surface area contributed by atoms with Crippen LogP contribution in [0.2, 0.25) is 0 Å². The van der Waals surface area contributed by atoms with E-state index in [-0.39, 0.29) is 23.3 Å². The second kappa shape index (κ2) is 21.9. The number of carbonyl (C=O) groups is 1. The molecule has 0 unspecified atom stereocenters. The maximum Gasteiger partial charge on any atom is 0.410 e. The van der Waals surface area contributed by atoms with Crippen molar-refractivity contribution in [3.8, 4) is 23.0 Å². The van der Waals surface area contributed by atoms with Gasteiger partial charge in [-0.25, -0.2) is 4.79 Å². The smallest absolute Gasteiger partial charge is 0.410 e. The molecular weight excluding hydrogens is 877 g/mol. The number of amides is 1. The molecule has 69 heavy (non-hydrogen) atoms. The zero-order valence-electron chi connectivity index (χ0n) is 40.0. The van der Waals surface area contributed by atoms with E-state index >= 15 is 0 Å². The van der Waals surface area contributed by atoms with Gasteiger partial charge in [-0.1, -0.05) is 12.1 Å². The normalized spacial score (nSPS) is 16.7. The average Bonchev–Trinajstić information content (AvgIpc) is 3.37. The Balaban J connectivity index is 0.000000175. The van der Waals surface area contributed by atoms with E-state index in [1.807, 2.05) is 78.8 Å². The predicted molar refractivity (Wildman–Crippen MR) is 264 cm³/mol. The maximum absolute atomic E-state index is 13.3. The Morgan fingerprint density at radius 1 is 0.638 bits per heavy atom. The lowest BCUT2D eigenvalue weighted by molar-refractivity contribution is 0.00562. The lowest BCUT2D eigenvalue weighted by Crippen LogP contribution is -2.49. The molecule has 2 saturated heterocycles. The van der Waals surface area contributed by atoms with E-state index in [9.17, 15) is 14.4 Å². The molecule has 16 nitrogen and oxygen atoms in total. The van der Waals surface area contributed by atoms with Crippen molar-refractivity contribution in [2.45, 2.75) is 90.3 Å². The Kier molecular flexibility index (Phi) is 15.1. The summed E-state index contributed by atoms with van der Waals surface area (Å²) in [5, 5.41) is 3.69. The zero-order chi connectivity index (χ0) is 47.7. The van der Waals surface area contributed by atoms with Gasteiger partial charge >= 0.3 is 6.09 Å². The standard InChI is InChI=1S/C29H36N4O5.C24H28N4O3/c1-29(2,3)38-28(35)33(20-21-6-8-25-26(19-21)37-18-17-36-25)22-10-13-31(14-11-22)15-16-32-24-5-4-12-30-23(24)7-9-27(32)34;29-24-6-4-20-21(2-1-9-25-20)28(24)13-12-27-10-7-19(8-11-27)26-17-18-3-5-22-23(16-18)31-15-14-30-22/h4-9,12,19,22H,10-11,13-18,20H2,1-3H3;1-6,9,16,19,26H,7-8,10-15,17H2. The Morgan fingerprint density at radius 2 is 1.13 bits per heavy atom. The number of ether oxygens (including phenoxy) is 5. The van der Waals surface area contributed by atoms with Crippen LogP contribution in [0.15, 0.2) is 107 Å². The quantitative estimate of drug-likeness (QED) is 0.142. The number of pyridine rings is 4. The molecule has 2 aromatic carbocycles. The van der Waals surface area contributed by atoms with Crippen molar-refractivity contribution in [2.24, 2.45) is 0 Å². The number of hydrogen-bond acceptors (Lipinski definition) is 13. The van der Waals surface area contributed by atoms with Crippen molar-refractivity contribution in [2.75, 3.05) is 65.7 Å². The van der Waals surface area contributed by atoms with Gasteiger partial charge in [0.15, 0.2) is 23.0 Å². The Labute approximate surface area is 402 Å². The highest BCUT2D eigenvalue weighted by Gasteiger charge is 2.32. The molecule has 364 valence electrons. The summed E-state index contributed by atoms with van der Waals surface area (Å²) >= 11 is 0. The first-order valence-corrected chi connectivity index (χ1v) is 24.4. The zero-order valence-corrected chi connectivity index (χ0v) is 40.0. The number of aromatic nitrogens is 4. The molecule has 8 heterocycles. The molecule has 4 aliphatic rings. The third-order valence-electron chi connectivity index (χ3n) is 13.2. The van der Waals surface area contributed by atoms with Gasteiger partial charge in [0, 0.05) is 89.0 Å². The molecule has 10 rings (SSSR count). The van der Waals surface area contributed by atoms with Gasteiger partial charge < -0.3 is 52.8 Å². The summed E-state index contributed by atoms with van der Waals surface area (Å²) in [7, 11) is 0. The number of nitrogens with zero attached hydrogens (tertiary/aromatic N) is 7. The molecular formula is C53H64N8O8. The molecule has 0 radical (unpaired) electrons. The molecule has 6 aromatic rings. The topological polar surface area (TPSA) is 155 Å². The van der Waals surface area contributed by atoms with Gasteiger partial charge in [0.05, 0.1) is 22.1 Å². The number of rotatable bonds is 12. The minimum absolute atomic E-state index is 0.0177. The number of likely N-dealkylation sites (tertiary alicyclic amines) is 2. The third-order valence-corrected chi connectivity index (χ3v) is 13.2. The molecule has 4 aromatic heterocycles. The minimum atomic E-state index is -0.580. The summed E-state index contributed by atoms with van der Waals surface area (Å²) in [6.45, 7) is 15.9. The summed E-state index contributed by atoms with van der Waals surface area (Å²) in [6, 6.07) is 27.0. The van der Waals surface area contributed by atoms with E-state index in [1.54, 1.807) is 41.2 Å². The molecule has 4 aliphatic heterocycles. The number of piperidine rings is 2. The Morgan fingerprint density at radius 3 is 1.67 bits per heavy atom. The number of benzene rings is 2. The summed E-state index contributed by atoms with van der Waals surface area (Å²) in [5.74, 6) is 3.13. The highest BCUT2D eigenvalue weighted by molar-refractivity contribution is 5.74. The van der Waals surface area contributed by atoms with Gasteiger partial charge in [-0.2, -0.15) is 0 Å². The molecule has 0 aliphatic carbocycles. The van der Waals surface area contributed by atoms with Gasteiger partial charge in [-0.15, -0.1) is 0 Å². The average molecular weight is 941 g/mol. The Bertz CT molecular complexity index is 2830. The van der Waals surface area contributed by atoms with Crippen LogP contribution in [0, 0.1) is 0 Å². The van der Waals surface area contributed by atoms with Crippen LogP contribution in [0.25, 0.3) is 22.1 Å². The molecule has 1 amide bonds. The first-order chi connectivity index (χ1) is 33.5. The van der Waals surface area contributed by atoms with Crippen LogP contribution in [-0.4, -0.2) is 123 Å². The van der Waals surface area contributed by atoms with Crippen LogP contribution in [0.3, 0.4) is 0 Å². The van der Waals surface area contributed by atoms with Crippen LogP contribution >= 0.6 is 0 Å². The van der Waals surface area contributed by atoms with Gasteiger partial charge in [0.25, 0.3) is 11.1 Å². The molecule has 0 bridgehead atoms. The van der Waals surface area contributed by atoms with Crippen LogP contribution in [-0.2, 0) is 30.9 Å². The van der Waals surface area contributed by atoms with Gasteiger partial charge in [-0.3, -0.25) is 19.6 Å². The van der Waals surface area contributed by atoms with Crippen LogP contribution in [0.1, 0.15) is 57.6 Å². The summed E-state index contributed by atoms with van der Waals surface area (Å²) in [4.78, 5) is 53.6. The predicted octanol–water partition coefficient (Wildman–Crippen LogP) is 6.49. The maximum atomic E-state index is 13.3.